The van der Waals surface area contributed by atoms with E-state index < -0.39 is 11.7 Å². The average molecular weight is 385 g/mol. The number of alkyl halides is 4. The van der Waals surface area contributed by atoms with Crippen molar-refractivity contribution in [2.45, 2.75) is 11.5 Å². The summed E-state index contributed by atoms with van der Waals surface area (Å²) in [5, 5.41) is 8.08. The van der Waals surface area contributed by atoms with Crippen molar-refractivity contribution >= 4 is 31.9 Å². The summed E-state index contributed by atoms with van der Waals surface area (Å²) in [6.07, 6.45) is -2.82. The molecule has 0 N–H and O–H groups in total. The van der Waals surface area contributed by atoms with Gasteiger partial charge in [-0.2, -0.15) is 13.2 Å². The summed E-state index contributed by atoms with van der Waals surface area (Å²) in [5.74, 6) is 0. The van der Waals surface area contributed by atoms with Crippen LogP contribution in [0.3, 0.4) is 0 Å². The molecule has 0 saturated heterocycles. The lowest BCUT2D eigenvalue weighted by molar-refractivity contribution is -0.137. The van der Waals surface area contributed by atoms with Crippen LogP contribution in [-0.4, -0.2) is 15.0 Å². The first-order chi connectivity index (χ1) is 8.41. The molecule has 0 aliphatic heterocycles. The molecular weight excluding hydrogens is 379 g/mol. The van der Waals surface area contributed by atoms with E-state index in [2.05, 4.69) is 42.2 Å². The van der Waals surface area contributed by atoms with Gasteiger partial charge in [0.2, 0.25) is 0 Å². The Balaban J connectivity index is 2.49. The quantitative estimate of drug-likeness (QED) is 0.734. The zero-order valence-electron chi connectivity index (χ0n) is 8.75. The van der Waals surface area contributed by atoms with E-state index in [0.29, 0.717) is 21.2 Å². The Morgan fingerprint density at radius 1 is 1.28 bits per heavy atom. The second-order valence-corrected chi connectivity index (χ2v) is 4.87. The minimum atomic E-state index is -4.38. The number of rotatable bonds is 2. The summed E-state index contributed by atoms with van der Waals surface area (Å²) in [6, 6.07) is 3.38. The van der Waals surface area contributed by atoms with Gasteiger partial charge in [-0.25, -0.2) is 4.68 Å². The Hall–Kier alpha value is -0.890. The first kappa shape index (κ1) is 13.5. The lowest BCUT2D eigenvalue weighted by Crippen LogP contribution is -2.07. The van der Waals surface area contributed by atoms with Gasteiger partial charge in [0.25, 0.3) is 0 Å². The van der Waals surface area contributed by atoms with Crippen LogP contribution in [0, 0.1) is 0 Å². The van der Waals surface area contributed by atoms with Crippen LogP contribution in [0.5, 0.6) is 0 Å². The smallest absolute Gasteiger partial charge is 0.219 e. The van der Waals surface area contributed by atoms with E-state index in [-0.39, 0.29) is 0 Å². The predicted molar refractivity (Wildman–Crippen MR) is 66.7 cm³/mol. The molecule has 0 saturated carbocycles. The van der Waals surface area contributed by atoms with Crippen LogP contribution >= 0.6 is 31.9 Å². The molecule has 0 amide bonds. The molecule has 1 aromatic heterocycles. The van der Waals surface area contributed by atoms with Gasteiger partial charge in [0, 0.05) is 9.80 Å². The van der Waals surface area contributed by atoms with Gasteiger partial charge in [0.05, 0.1) is 23.1 Å². The van der Waals surface area contributed by atoms with Crippen LogP contribution in [0.25, 0.3) is 5.69 Å². The summed E-state index contributed by atoms with van der Waals surface area (Å²) in [5.41, 5.74) is 0.209. The van der Waals surface area contributed by atoms with Crippen molar-refractivity contribution in [1.29, 1.82) is 0 Å². The number of aromatic nitrogens is 3. The molecule has 0 fully saturated rings. The summed E-state index contributed by atoms with van der Waals surface area (Å²) in [6.45, 7) is 0. The molecule has 8 heteroatoms. The lowest BCUT2D eigenvalue weighted by atomic mass is 10.2. The van der Waals surface area contributed by atoms with E-state index in [1.54, 1.807) is 6.20 Å². The molecule has 2 aromatic rings. The topological polar surface area (TPSA) is 30.7 Å². The Labute approximate surface area is 117 Å². The predicted octanol–water partition coefficient (Wildman–Crippen LogP) is 3.94. The second-order valence-electron chi connectivity index (χ2n) is 3.45. The third-order valence-electron chi connectivity index (χ3n) is 2.20. The number of benzene rings is 1. The molecule has 0 radical (unpaired) electrons. The number of halogens is 5. The maximum atomic E-state index is 12.6. The van der Waals surface area contributed by atoms with E-state index in [4.69, 9.17) is 0 Å². The Morgan fingerprint density at radius 3 is 2.56 bits per heavy atom. The highest BCUT2D eigenvalue weighted by atomic mass is 79.9. The highest BCUT2D eigenvalue weighted by Gasteiger charge is 2.31. The molecule has 1 heterocycles. The van der Waals surface area contributed by atoms with Crippen molar-refractivity contribution in [2.75, 3.05) is 0 Å². The fourth-order valence-corrected chi connectivity index (χ4v) is 2.03. The molecule has 0 unspecified atom stereocenters. The molecule has 2 rings (SSSR count). The molecule has 0 atom stereocenters. The Kier molecular flexibility index (Phi) is 3.76. The fourth-order valence-electron chi connectivity index (χ4n) is 1.34. The highest BCUT2D eigenvalue weighted by Crippen LogP contribution is 2.33. The van der Waals surface area contributed by atoms with E-state index in [1.165, 1.54) is 10.7 Å². The summed E-state index contributed by atoms with van der Waals surface area (Å²) < 4.78 is 39.7. The minimum absolute atomic E-state index is 0.296. The largest absolute Gasteiger partial charge is 0.416 e. The van der Waals surface area contributed by atoms with Gasteiger partial charge >= 0.3 is 6.18 Å². The molecule has 3 nitrogen and oxygen atoms in total. The van der Waals surface area contributed by atoms with Gasteiger partial charge in [-0.1, -0.05) is 21.1 Å². The van der Waals surface area contributed by atoms with E-state index in [9.17, 15) is 13.2 Å². The number of hydrogen-bond donors (Lipinski definition) is 0. The molecule has 0 spiro atoms. The van der Waals surface area contributed by atoms with Crippen LogP contribution in [0.2, 0.25) is 0 Å². The van der Waals surface area contributed by atoms with Crippen LogP contribution < -0.4 is 0 Å². The van der Waals surface area contributed by atoms with Gasteiger partial charge in [0.15, 0.2) is 0 Å². The molecule has 96 valence electrons. The summed E-state index contributed by atoms with van der Waals surface area (Å²) in [7, 11) is 0. The maximum Gasteiger partial charge on any atom is 0.416 e. The van der Waals surface area contributed by atoms with Gasteiger partial charge < -0.3 is 0 Å². The van der Waals surface area contributed by atoms with Crippen molar-refractivity contribution in [3.8, 4) is 5.69 Å². The Morgan fingerprint density at radius 2 is 2.00 bits per heavy atom. The normalized spacial score (nSPS) is 11.8. The lowest BCUT2D eigenvalue weighted by Gasteiger charge is -2.10. The van der Waals surface area contributed by atoms with E-state index >= 15 is 0 Å². The third kappa shape index (κ3) is 2.74. The molecule has 0 bridgehead atoms. The standard InChI is InChI=1S/C10H6Br2F3N3/c11-4-7-5-18(17-16-7)9-3-6(10(13,14)15)1-2-8(9)12/h1-3,5H,4H2. The van der Waals surface area contributed by atoms with Gasteiger partial charge in [0.1, 0.15) is 0 Å². The number of hydrogen-bond acceptors (Lipinski definition) is 2. The van der Waals surface area contributed by atoms with Crippen molar-refractivity contribution in [3.05, 3.63) is 40.1 Å². The van der Waals surface area contributed by atoms with Crippen LogP contribution in [-0.2, 0) is 11.5 Å². The maximum absolute atomic E-state index is 12.6. The SMILES string of the molecule is FC(F)(F)c1ccc(Br)c(-n2cc(CBr)nn2)c1. The Bertz CT molecular complexity index is 566. The zero-order chi connectivity index (χ0) is 13.3. The van der Waals surface area contributed by atoms with Gasteiger partial charge in [-0.05, 0) is 34.1 Å². The molecule has 18 heavy (non-hydrogen) atoms. The van der Waals surface area contributed by atoms with Gasteiger partial charge in [-0.3, -0.25) is 0 Å². The van der Waals surface area contributed by atoms with Gasteiger partial charge in [-0.15, -0.1) is 5.10 Å². The third-order valence-corrected chi connectivity index (χ3v) is 3.44. The summed E-state index contributed by atoms with van der Waals surface area (Å²) in [4.78, 5) is 0. The highest BCUT2D eigenvalue weighted by molar-refractivity contribution is 9.10. The minimum Gasteiger partial charge on any atom is -0.219 e. The molecule has 0 aliphatic rings. The van der Waals surface area contributed by atoms with Crippen LogP contribution in [0.1, 0.15) is 11.3 Å². The summed E-state index contributed by atoms with van der Waals surface area (Å²) >= 11 is 6.40. The second kappa shape index (κ2) is 5.00. The first-order valence-electron chi connectivity index (χ1n) is 4.76. The first-order valence-corrected chi connectivity index (χ1v) is 6.67. The van der Waals surface area contributed by atoms with E-state index in [1.807, 2.05) is 0 Å². The van der Waals surface area contributed by atoms with E-state index in [0.717, 1.165) is 12.1 Å². The molecular formula is C10H6Br2F3N3. The average Bonchev–Trinajstić information content (AvgIpc) is 2.76. The zero-order valence-corrected chi connectivity index (χ0v) is 11.9. The van der Waals surface area contributed by atoms with Crippen molar-refractivity contribution in [3.63, 3.8) is 0 Å². The van der Waals surface area contributed by atoms with Crippen molar-refractivity contribution in [2.24, 2.45) is 0 Å². The number of nitrogens with zero attached hydrogens (tertiary/aromatic N) is 3. The molecule has 1 aromatic carbocycles. The van der Waals surface area contributed by atoms with Crippen LogP contribution in [0.4, 0.5) is 13.2 Å². The van der Waals surface area contributed by atoms with Crippen LogP contribution in [0.15, 0.2) is 28.9 Å². The van der Waals surface area contributed by atoms with Crippen molar-refractivity contribution < 1.29 is 13.2 Å². The fraction of sp³-hybridized carbons (Fsp3) is 0.200. The molecule has 0 aliphatic carbocycles. The van der Waals surface area contributed by atoms with Crippen molar-refractivity contribution in [1.82, 2.24) is 15.0 Å². The monoisotopic (exact) mass is 383 g/mol.